The van der Waals surface area contributed by atoms with Crippen molar-refractivity contribution in [2.45, 2.75) is 59.5 Å². The fraction of sp³-hybridized carbons (Fsp3) is 0.400. The Kier molecular flexibility index (Phi) is 9.84. The van der Waals surface area contributed by atoms with Crippen LogP contribution in [0.25, 0.3) is 0 Å². The number of aryl methyl sites for hydroxylation is 1. The molecule has 2 aromatic carbocycles. The number of thioether (sulfide) groups is 1. The zero-order valence-electron chi connectivity index (χ0n) is 19.9. The number of halogens is 5. The second-order valence-corrected chi connectivity index (χ2v) is 12.0. The molecule has 1 saturated heterocycles. The van der Waals surface area contributed by atoms with E-state index >= 15 is 0 Å². The van der Waals surface area contributed by atoms with Crippen molar-refractivity contribution in [3.05, 3.63) is 64.7 Å². The Morgan fingerprint density at radius 3 is 2.49 bits per heavy atom. The van der Waals surface area contributed by atoms with Crippen molar-refractivity contribution in [3.8, 4) is 0 Å². The fourth-order valence-electron chi connectivity index (χ4n) is 4.09. The number of carbonyl (C=O) groups excluding carboxylic acids is 2. The van der Waals surface area contributed by atoms with Crippen LogP contribution < -0.4 is 10.6 Å². The number of nitrogens with one attached hydrogen (secondary N) is 2. The molecule has 3 N–H and O–H groups in total. The van der Waals surface area contributed by atoms with Gasteiger partial charge in [0, 0.05) is 27.5 Å². The Bertz CT molecular complexity index is 1160. The molecular weight excluding hydrogens is 622 g/mol. The Morgan fingerprint density at radius 2 is 1.89 bits per heavy atom. The third-order valence-electron chi connectivity index (χ3n) is 6.06. The molecule has 2 amide bonds. The zero-order valence-corrected chi connectivity index (χ0v) is 22.8. The first-order chi connectivity index (χ1) is 17.3. The van der Waals surface area contributed by atoms with Crippen LogP contribution in [0.2, 0.25) is 0 Å². The third kappa shape index (κ3) is 8.03. The summed E-state index contributed by atoms with van der Waals surface area (Å²) in [6, 6.07) is 9.37. The molecule has 2 unspecified atom stereocenters. The number of piperidine rings is 1. The molecular formula is C25H25BF4IN2O3S. The van der Waals surface area contributed by atoms with Crippen LogP contribution >= 0.6 is 34.4 Å². The predicted molar refractivity (Wildman–Crippen MR) is 144 cm³/mol. The summed E-state index contributed by atoms with van der Waals surface area (Å²) in [5.41, 5.74) is 2.16. The molecule has 0 aliphatic carbocycles. The van der Waals surface area contributed by atoms with Gasteiger partial charge in [0.05, 0.1) is 0 Å². The number of carbonyl (C=O) groups is 2. The molecule has 1 fully saturated rings. The van der Waals surface area contributed by atoms with Crippen LogP contribution in [-0.2, 0) is 28.5 Å². The van der Waals surface area contributed by atoms with E-state index in [0.29, 0.717) is 36.7 Å². The van der Waals surface area contributed by atoms with Crippen LogP contribution in [0.3, 0.4) is 0 Å². The van der Waals surface area contributed by atoms with Crippen molar-refractivity contribution in [1.82, 2.24) is 10.6 Å². The van der Waals surface area contributed by atoms with Gasteiger partial charge in [-0.05, 0) is 11.8 Å². The van der Waals surface area contributed by atoms with Crippen molar-refractivity contribution in [3.63, 3.8) is 0 Å². The van der Waals surface area contributed by atoms with Crippen molar-refractivity contribution >= 4 is 59.1 Å². The zero-order chi connectivity index (χ0) is 27.4. The summed E-state index contributed by atoms with van der Waals surface area (Å²) in [5, 5.41) is 14.8. The summed E-state index contributed by atoms with van der Waals surface area (Å²) in [6.45, 7) is 1.76. The van der Waals surface area contributed by atoms with E-state index in [1.54, 1.807) is 18.2 Å². The van der Waals surface area contributed by atoms with Crippen LogP contribution in [0, 0.1) is 5.92 Å². The Labute approximate surface area is 231 Å². The van der Waals surface area contributed by atoms with Gasteiger partial charge in [-0.15, -0.1) is 0 Å². The molecule has 0 saturated carbocycles. The fourth-order valence-corrected chi connectivity index (χ4v) is 5.39. The van der Waals surface area contributed by atoms with Gasteiger partial charge in [-0.3, -0.25) is 0 Å². The second kappa shape index (κ2) is 12.3. The summed E-state index contributed by atoms with van der Waals surface area (Å²) in [7, 11) is 6.32. The first kappa shape index (κ1) is 29.6. The number of aliphatic hydroxyl groups excluding tert-OH is 1. The van der Waals surface area contributed by atoms with E-state index in [1.165, 1.54) is 0 Å². The molecule has 0 aromatic heterocycles. The normalized spacial score (nSPS) is 18.3. The van der Waals surface area contributed by atoms with Crippen molar-refractivity contribution in [1.29, 1.82) is 0 Å². The van der Waals surface area contributed by atoms with Crippen LogP contribution in [0.4, 0.5) is 17.6 Å². The van der Waals surface area contributed by atoms with Gasteiger partial charge in [0.25, 0.3) is 0 Å². The van der Waals surface area contributed by atoms with E-state index in [2.05, 4.69) is 10.6 Å². The molecule has 1 radical (unpaired) electrons. The quantitative estimate of drug-likeness (QED) is 0.115. The third-order valence-corrected chi connectivity index (χ3v) is 7.46. The summed E-state index contributed by atoms with van der Waals surface area (Å²) in [6.07, 6.45) is 0.835. The van der Waals surface area contributed by atoms with Gasteiger partial charge in [-0.1, -0.05) is 0 Å². The monoisotopic (exact) mass is 647 g/mol. The molecule has 2 atom stereocenters. The first-order valence-corrected chi connectivity index (χ1v) is 13.4. The minimum atomic E-state index is -3.85. The molecule has 5 nitrogen and oxygen atoms in total. The number of rotatable bonds is 10. The van der Waals surface area contributed by atoms with Crippen LogP contribution in [-0.4, -0.2) is 39.4 Å². The summed E-state index contributed by atoms with van der Waals surface area (Å²) in [4.78, 5) is 23.8. The van der Waals surface area contributed by atoms with E-state index in [0.717, 1.165) is 58.0 Å². The standard InChI is InChI=1S/C25H25BF4IN2O3S/c1-2-15-11-14(3-9-19(15)20(26)12-16-4-10-21(34)33-22(16)35)13-32-23(36)24(27,28)17-5-7-18(8-6-17)37-25(29,30)31/h3,5-9,11,16,22,35H,2,4,10,12-13H2,1H3,(H,32,36)(H,33,34). The van der Waals surface area contributed by atoms with E-state index < -0.39 is 26.9 Å². The van der Waals surface area contributed by atoms with Crippen molar-refractivity contribution in [2.24, 2.45) is 5.92 Å². The number of hydrogen-bond donors (Lipinski definition) is 3. The topological polar surface area (TPSA) is 78.4 Å². The molecule has 3 rings (SSSR count). The summed E-state index contributed by atoms with van der Waals surface area (Å²) in [5.74, 6) is -5.77. The molecule has 2 aromatic rings. The number of aliphatic hydroxyl groups is 1. The molecule has 0 spiro atoms. The van der Waals surface area contributed by atoms with Crippen LogP contribution in [0.5, 0.6) is 0 Å². The van der Waals surface area contributed by atoms with Gasteiger partial charge in [-0.2, -0.15) is 8.78 Å². The number of alkyl halides is 5. The minimum absolute atomic E-state index is 0.102. The van der Waals surface area contributed by atoms with E-state index in [1.807, 2.05) is 6.92 Å². The maximum atomic E-state index is 14.7. The Morgan fingerprint density at radius 1 is 1.22 bits per heavy atom. The average Bonchev–Trinajstić information content (AvgIpc) is 2.83. The van der Waals surface area contributed by atoms with Crippen molar-refractivity contribution in [2.75, 3.05) is 0 Å². The SMILES string of the molecule is [B]=C(CC1CCC(=O)NC1O)c1ccc(CNC(=O)C(F)(F)c2ccc(SC(F)(F)I)cc2)cc1CC. The van der Waals surface area contributed by atoms with E-state index in [4.69, 9.17) is 7.49 Å². The molecule has 1 heterocycles. The number of amides is 2. The van der Waals surface area contributed by atoms with Crippen molar-refractivity contribution < 1.29 is 32.3 Å². The van der Waals surface area contributed by atoms with Gasteiger partial charge < -0.3 is 0 Å². The average molecular weight is 647 g/mol. The van der Waals surface area contributed by atoms with E-state index in [-0.39, 0.29) is 35.0 Å². The number of benzene rings is 2. The molecule has 197 valence electrons. The van der Waals surface area contributed by atoms with Crippen LogP contribution in [0.15, 0.2) is 47.4 Å². The molecule has 0 bridgehead atoms. The summed E-state index contributed by atoms with van der Waals surface area (Å²) >= 11 is 1.16. The Hall–Kier alpha value is -1.93. The predicted octanol–water partition coefficient (Wildman–Crippen LogP) is 4.66. The second-order valence-electron chi connectivity index (χ2n) is 8.71. The number of hydrogen-bond acceptors (Lipinski definition) is 4. The molecule has 1 aliphatic heterocycles. The Balaban J connectivity index is 1.63. The molecule has 37 heavy (non-hydrogen) atoms. The van der Waals surface area contributed by atoms with Gasteiger partial charge in [0.1, 0.15) is 0 Å². The van der Waals surface area contributed by atoms with Gasteiger partial charge in [0.15, 0.2) is 0 Å². The molecule has 1 aliphatic rings. The maximum absolute atomic E-state index is 14.7. The van der Waals surface area contributed by atoms with Crippen LogP contribution in [0.1, 0.15) is 48.4 Å². The van der Waals surface area contributed by atoms with Gasteiger partial charge in [0.2, 0.25) is 0 Å². The van der Waals surface area contributed by atoms with Gasteiger partial charge in [-0.25, -0.2) is 0 Å². The summed E-state index contributed by atoms with van der Waals surface area (Å²) < 4.78 is 52.5. The van der Waals surface area contributed by atoms with E-state index in [9.17, 15) is 32.3 Å². The first-order valence-electron chi connectivity index (χ1n) is 11.5. The molecule has 12 heteroatoms. The van der Waals surface area contributed by atoms with Gasteiger partial charge >= 0.3 is 184 Å².